The number of carbonyl (C=O) groups is 1. The maximum atomic E-state index is 12.8. The minimum atomic E-state index is -0.547. The largest absolute Gasteiger partial charge is 0.507 e. The highest BCUT2D eigenvalue weighted by Crippen LogP contribution is 2.21. The first-order chi connectivity index (χ1) is 8.08. The average molecular weight is 235 g/mol. The van der Waals surface area contributed by atoms with E-state index in [1.54, 1.807) is 4.90 Å². The van der Waals surface area contributed by atoms with Crippen LogP contribution in [-0.4, -0.2) is 29.0 Å². The average Bonchev–Trinajstić information content (AvgIpc) is 2.28. The number of benzene rings is 1. The predicted octanol–water partition coefficient (Wildman–Crippen LogP) is 2.32. The standard InChI is InChI=1S/C13H14FNO2/c1-9-3-2-6-15(8-9)13(17)11-5-4-10(14)7-12(11)16/h3-5,7,16H,2,6,8H2,1H3. The summed E-state index contributed by atoms with van der Waals surface area (Å²) in [5.74, 6) is -1.11. The highest BCUT2D eigenvalue weighted by molar-refractivity contribution is 5.97. The Kier molecular flexibility index (Phi) is 3.13. The van der Waals surface area contributed by atoms with Gasteiger partial charge in [0.2, 0.25) is 0 Å². The summed E-state index contributed by atoms with van der Waals surface area (Å²) in [6.07, 6.45) is 2.91. The first kappa shape index (κ1) is 11.6. The zero-order valence-corrected chi connectivity index (χ0v) is 9.61. The molecule has 0 bridgehead atoms. The van der Waals surface area contributed by atoms with E-state index in [9.17, 15) is 14.3 Å². The molecule has 0 fully saturated rings. The fraction of sp³-hybridized carbons (Fsp3) is 0.308. The van der Waals surface area contributed by atoms with E-state index in [1.165, 1.54) is 12.1 Å². The van der Waals surface area contributed by atoms with Gasteiger partial charge in [-0.15, -0.1) is 0 Å². The van der Waals surface area contributed by atoms with Gasteiger partial charge in [-0.25, -0.2) is 4.39 Å². The summed E-state index contributed by atoms with van der Waals surface area (Å²) >= 11 is 0. The second-order valence-corrected chi connectivity index (χ2v) is 4.23. The zero-order chi connectivity index (χ0) is 12.4. The van der Waals surface area contributed by atoms with Crippen molar-refractivity contribution in [3.8, 4) is 5.75 Å². The summed E-state index contributed by atoms with van der Waals surface area (Å²) < 4.78 is 12.8. The second kappa shape index (κ2) is 4.57. The van der Waals surface area contributed by atoms with E-state index in [-0.39, 0.29) is 17.2 Å². The minimum Gasteiger partial charge on any atom is -0.507 e. The molecule has 4 heteroatoms. The number of rotatable bonds is 1. The Balaban J connectivity index is 2.22. The van der Waals surface area contributed by atoms with Gasteiger partial charge < -0.3 is 10.0 Å². The van der Waals surface area contributed by atoms with Gasteiger partial charge in [-0.2, -0.15) is 0 Å². The molecule has 0 aliphatic carbocycles. The third-order valence-electron chi connectivity index (χ3n) is 2.81. The van der Waals surface area contributed by atoms with Crippen LogP contribution in [0.15, 0.2) is 29.8 Å². The van der Waals surface area contributed by atoms with Crippen molar-refractivity contribution in [1.29, 1.82) is 0 Å². The van der Waals surface area contributed by atoms with Crippen molar-refractivity contribution in [2.45, 2.75) is 13.3 Å². The van der Waals surface area contributed by atoms with Gasteiger partial charge >= 0.3 is 0 Å². The zero-order valence-electron chi connectivity index (χ0n) is 9.61. The van der Waals surface area contributed by atoms with Crippen molar-refractivity contribution < 1.29 is 14.3 Å². The van der Waals surface area contributed by atoms with Crippen LogP contribution in [0.1, 0.15) is 23.7 Å². The Hall–Kier alpha value is -1.84. The van der Waals surface area contributed by atoms with Crippen LogP contribution in [0, 0.1) is 5.82 Å². The summed E-state index contributed by atoms with van der Waals surface area (Å²) in [4.78, 5) is 13.7. The molecule has 1 aliphatic rings. The van der Waals surface area contributed by atoms with Gasteiger partial charge in [0.05, 0.1) is 5.56 Å². The number of hydrogen-bond acceptors (Lipinski definition) is 2. The fourth-order valence-electron chi connectivity index (χ4n) is 1.94. The Morgan fingerprint density at radius 2 is 2.24 bits per heavy atom. The molecule has 1 heterocycles. The number of aromatic hydroxyl groups is 1. The molecule has 90 valence electrons. The first-order valence-electron chi connectivity index (χ1n) is 5.51. The van der Waals surface area contributed by atoms with Crippen LogP contribution in [0.3, 0.4) is 0 Å². The van der Waals surface area contributed by atoms with Crippen molar-refractivity contribution in [2.75, 3.05) is 13.1 Å². The van der Waals surface area contributed by atoms with Crippen LogP contribution in [0.5, 0.6) is 5.75 Å². The Morgan fingerprint density at radius 1 is 1.47 bits per heavy atom. The fourth-order valence-corrected chi connectivity index (χ4v) is 1.94. The molecule has 1 N–H and O–H groups in total. The molecule has 1 amide bonds. The number of phenolic OH excluding ortho intramolecular Hbond substituents is 1. The first-order valence-corrected chi connectivity index (χ1v) is 5.51. The minimum absolute atomic E-state index is 0.154. The lowest BCUT2D eigenvalue weighted by atomic mass is 10.1. The highest BCUT2D eigenvalue weighted by Gasteiger charge is 2.20. The molecule has 0 spiro atoms. The van der Waals surface area contributed by atoms with Crippen LogP contribution in [0.4, 0.5) is 4.39 Å². The van der Waals surface area contributed by atoms with Crippen LogP contribution in [0.2, 0.25) is 0 Å². The van der Waals surface area contributed by atoms with Gasteiger partial charge in [0.15, 0.2) is 0 Å². The molecule has 0 saturated heterocycles. The van der Waals surface area contributed by atoms with Crippen molar-refractivity contribution >= 4 is 5.91 Å². The van der Waals surface area contributed by atoms with Crippen molar-refractivity contribution in [3.05, 3.63) is 41.2 Å². The number of amides is 1. The van der Waals surface area contributed by atoms with Gasteiger partial charge in [-0.1, -0.05) is 11.6 Å². The highest BCUT2D eigenvalue weighted by atomic mass is 19.1. The van der Waals surface area contributed by atoms with E-state index in [1.807, 2.05) is 6.92 Å². The molecule has 0 atom stereocenters. The lowest BCUT2D eigenvalue weighted by Gasteiger charge is -2.26. The summed E-state index contributed by atoms with van der Waals surface area (Å²) in [6.45, 7) is 3.16. The summed E-state index contributed by atoms with van der Waals surface area (Å²) in [5, 5.41) is 9.56. The predicted molar refractivity (Wildman–Crippen MR) is 62.3 cm³/mol. The number of carbonyl (C=O) groups excluding carboxylic acids is 1. The molecule has 2 rings (SSSR count). The molecule has 3 nitrogen and oxygen atoms in total. The monoisotopic (exact) mass is 235 g/mol. The maximum absolute atomic E-state index is 12.8. The Labute approximate surface area is 99.2 Å². The van der Waals surface area contributed by atoms with E-state index < -0.39 is 5.82 Å². The van der Waals surface area contributed by atoms with E-state index in [4.69, 9.17) is 0 Å². The molecule has 0 saturated carbocycles. The van der Waals surface area contributed by atoms with Crippen LogP contribution in [0.25, 0.3) is 0 Å². The second-order valence-electron chi connectivity index (χ2n) is 4.23. The van der Waals surface area contributed by atoms with Crippen LogP contribution in [-0.2, 0) is 0 Å². The number of hydrogen-bond donors (Lipinski definition) is 1. The van der Waals surface area contributed by atoms with Crippen molar-refractivity contribution in [3.63, 3.8) is 0 Å². The van der Waals surface area contributed by atoms with E-state index in [0.29, 0.717) is 13.1 Å². The van der Waals surface area contributed by atoms with Gasteiger partial charge in [0, 0.05) is 19.2 Å². The Morgan fingerprint density at radius 3 is 2.88 bits per heavy atom. The molecular weight excluding hydrogens is 221 g/mol. The van der Waals surface area contributed by atoms with Gasteiger partial charge in [0.25, 0.3) is 5.91 Å². The van der Waals surface area contributed by atoms with Crippen molar-refractivity contribution in [1.82, 2.24) is 4.90 Å². The molecule has 0 aromatic heterocycles. The van der Waals surface area contributed by atoms with E-state index in [2.05, 4.69) is 6.08 Å². The SMILES string of the molecule is CC1=CCCN(C(=O)c2ccc(F)cc2O)C1. The smallest absolute Gasteiger partial charge is 0.257 e. The molecule has 1 aromatic carbocycles. The molecule has 1 aromatic rings. The third kappa shape index (κ3) is 2.46. The van der Waals surface area contributed by atoms with Crippen LogP contribution >= 0.6 is 0 Å². The van der Waals surface area contributed by atoms with E-state index in [0.717, 1.165) is 18.1 Å². The van der Waals surface area contributed by atoms with Gasteiger partial charge in [0.1, 0.15) is 11.6 Å². The van der Waals surface area contributed by atoms with Crippen molar-refractivity contribution in [2.24, 2.45) is 0 Å². The maximum Gasteiger partial charge on any atom is 0.257 e. The Bertz CT molecular complexity index is 482. The summed E-state index contributed by atoms with van der Waals surface area (Å²) in [5.41, 5.74) is 1.28. The quantitative estimate of drug-likeness (QED) is 0.759. The van der Waals surface area contributed by atoms with Gasteiger partial charge in [-0.05, 0) is 25.5 Å². The van der Waals surface area contributed by atoms with E-state index >= 15 is 0 Å². The third-order valence-corrected chi connectivity index (χ3v) is 2.81. The number of halogens is 1. The molecule has 17 heavy (non-hydrogen) atoms. The molecular formula is C13H14FNO2. The number of nitrogens with zero attached hydrogens (tertiary/aromatic N) is 1. The number of phenols is 1. The molecule has 0 unspecified atom stereocenters. The topological polar surface area (TPSA) is 40.5 Å². The molecule has 1 aliphatic heterocycles. The lowest BCUT2D eigenvalue weighted by molar-refractivity contribution is 0.0763. The molecule has 0 radical (unpaired) electrons. The lowest BCUT2D eigenvalue weighted by Crippen LogP contribution is -2.35. The summed E-state index contributed by atoms with van der Waals surface area (Å²) in [6, 6.07) is 3.46. The normalized spacial score (nSPS) is 15.6. The van der Waals surface area contributed by atoms with Crippen LogP contribution < -0.4 is 0 Å². The van der Waals surface area contributed by atoms with Gasteiger partial charge in [-0.3, -0.25) is 4.79 Å². The summed E-state index contributed by atoms with van der Waals surface area (Å²) in [7, 11) is 0.